The minimum absolute atomic E-state index is 0.00413. The largest absolute Gasteiger partial charge is 0.659 e. The molecule has 1 fully saturated rings. The second-order valence-corrected chi connectivity index (χ2v) is 30.1. The van der Waals surface area contributed by atoms with E-state index in [1.807, 2.05) is 68.5 Å². The Morgan fingerprint density at radius 3 is 1.61 bits per heavy atom. The number of ether oxygens (including phenoxy) is 6. The third-order valence-electron chi connectivity index (χ3n) is 8.51. The zero-order chi connectivity index (χ0) is 44.0. The molecule has 1 aliphatic rings. The summed E-state index contributed by atoms with van der Waals surface area (Å²) in [4.78, 5) is 22.9. The molecular formula is C40H69BNO13PSi3. The molecule has 3 rings (SSSR count). The highest BCUT2D eigenvalue weighted by molar-refractivity contribution is 7.49. The average molecular weight is 898 g/mol. The zero-order valence-electron chi connectivity index (χ0n) is 37.6. The summed E-state index contributed by atoms with van der Waals surface area (Å²) in [5.74, 6) is -0.878. The SMILES string of the molecule is B[C@@H]1O[C@H](CO[Si](OC(c2ccccc2)c2ccccc2)(O[Si](C)(C)C)O[Si](C)(C)C)C(OP(C)N(C(C)C)C(C)C)[C@@H]1OC(OCCOC(C)=O)OCCOC(C)=O. The van der Waals surface area contributed by atoms with E-state index in [2.05, 4.69) is 78.3 Å². The number of hydrogen-bond donors (Lipinski definition) is 0. The minimum Gasteiger partial charge on any atom is -0.463 e. The molecule has 14 nitrogen and oxygen atoms in total. The summed E-state index contributed by atoms with van der Waals surface area (Å²) in [6.45, 7) is 24.6. The van der Waals surface area contributed by atoms with E-state index < -0.39 is 82.8 Å². The second-order valence-electron chi connectivity index (χ2n) is 16.9. The van der Waals surface area contributed by atoms with Crippen molar-refractivity contribution in [2.24, 2.45) is 0 Å². The fraction of sp³-hybridized carbons (Fsp3) is 0.650. The molecule has 2 aromatic rings. The third-order valence-corrected chi connectivity index (χ3v) is 18.6. The van der Waals surface area contributed by atoms with Gasteiger partial charge in [-0.3, -0.25) is 14.3 Å². The molecule has 59 heavy (non-hydrogen) atoms. The summed E-state index contributed by atoms with van der Waals surface area (Å²) in [5, 5.41) is 0. The summed E-state index contributed by atoms with van der Waals surface area (Å²) in [7, 11) is -8.11. The molecule has 1 heterocycles. The van der Waals surface area contributed by atoms with Crippen LogP contribution >= 0.6 is 8.30 Å². The summed E-state index contributed by atoms with van der Waals surface area (Å²) in [6.07, 6.45) is -2.60. The Morgan fingerprint density at radius 1 is 0.746 bits per heavy atom. The maximum absolute atomic E-state index is 11.5. The Labute approximate surface area is 358 Å². The summed E-state index contributed by atoms with van der Waals surface area (Å²) in [5.41, 5.74) is 1.87. The van der Waals surface area contributed by atoms with Crippen LogP contribution in [0.2, 0.25) is 39.3 Å². The van der Waals surface area contributed by atoms with E-state index in [0.717, 1.165) is 11.1 Å². The van der Waals surface area contributed by atoms with E-state index in [4.69, 9.17) is 50.0 Å². The summed E-state index contributed by atoms with van der Waals surface area (Å²) >= 11 is 0. The van der Waals surface area contributed by atoms with Gasteiger partial charge >= 0.3 is 21.0 Å². The molecule has 0 amide bonds. The molecule has 0 bridgehead atoms. The molecule has 5 atom stereocenters. The normalized spacial score (nSPS) is 19.6. The lowest BCUT2D eigenvalue weighted by Gasteiger charge is -2.41. The molecule has 0 aliphatic carbocycles. The van der Waals surface area contributed by atoms with Gasteiger partial charge in [-0.2, -0.15) is 0 Å². The maximum atomic E-state index is 11.5. The molecule has 1 aliphatic heterocycles. The highest BCUT2D eigenvalue weighted by Gasteiger charge is 2.56. The Morgan fingerprint density at radius 2 is 1.20 bits per heavy atom. The van der Waals surface area contributed by atoms with E-state index in [0.29, 0.717) is 0 Å². The molecule has 1 saturated heterocycles. The first-order chi connectivity index (χ1) is 27.6. The maximum Gasteiger partial charge on any atom is 0.659 e. The predicted molar refractivity (Wildman–Crippen MR) is 237 cm³/mol. The molecule has 0 N–H and O–H groups in total. The van der Waals surface area contributed by atoms with E-state index in [-0.39, 0.29) is 45.1 Å². The number of benzene rings is 2. The van der Waals surface area contributed by atoms with Crippen molar-refractivity contribution in [2.45, 2.75) is 130 Å². The molecule has 0 spiro atoms. The number of rotatable bonds is 26. The van der Waals surface area contributed by atoms with Gasteiger partial charge in [0.2, 0.25) is 0 Å². The van der Waals surface area contributed by atoms with Gasteiger partial charge in [-0.05, 0) is 84.8 Å². The van der Waals surface area contributed by atoms with Crippen LogP contribution in [0.25, 0.3) is 0 Å². The average Bonchev–Trinajstić information content (AvgIpc) is 3.41. The van der Waals surface area contributed by atoms with Gasteiger partial charge in [0, 0.05) is 25.9 Å². The lowest BCUT2D eigenvalue weighted by molar-refractivity contribution is -0.313. The lowest BCUT2D eigenvalue weighted by Crippen LogP contribution is -2.60. The highest BCUT2D eigenvalue weighted by Crippen LogP contribution is 2.46. The first-order valence-electron chi connectivity index (χ1n) is 20.4. The molecule has 2 aromatic carbocycles. The minimum atomic E-state index is -4.02. The van der Waals surface area contributed by atoms with Crippen molar-refractivity contribution in [3.05, 3.63) is 71.8 Å². The van der Waals surface area contributed by atoms with Crippen molar-refractivity contribution in [1.82, 2.24) is 4.67 Å². The molecule has 2 unspecified atom stereocenters. The van der Waals surface area contributed by atoms with E-state index in [9.17, 15) is 9.59 Å². The molecule has 0 aromatic heterocycles. The van der Waals surface area contributed by atoms with Crippen LogP contribution in [-0.2, 0) is 59.6 Å². The van der Waals surface area contributed by atoms with Gasteiger partial charge in [0.05, 0.1) is 25.8 Å². The Hall–Kier alpha value is -1.87. The third kappa shape index (κ3) is 18.2. The molecule has 19 heteroatoms. The van der Waals surface area contributed by atoms with E-state index in [1.54, 1.807) is 0 Å². The van der Waals surface area contributed by atoms with Gasteiger partial charge in [-0.25, -0.2) is 0 Å². The van der Waals surface area contributed by atoms with Crippen LogP contribution in [0.4, 0.5) is 0 Å². The fourth-order valence-corrected chi connectivity index (χ4v) is 17.0. The monoisotopic (exact) mass is 897 g/mol. The van der Waals surface area contributed by atoms with Crippen LogP contribution in [0.1, 0.15) is 58.8 Å². The standard InChI is InChI=1S/C40H69BNO13PSi3/c1-29(2)42(30(3)4)56(7)52-37-35(50-39(41)38(37)51-40(47-26-24-45-31(5)43)48-27-25-46-32(6)44)28-49-59(54-57(8,9)10,55-58(11,12)13)53-36(33-20-16-14-17-21-33)34-22-18-15-19-23-34/h14-23,29-30,35-40H,24-28,41H2,1-13H3/t35-,37?,38+,39-,56?/m1/s1. The quantitative estimate of drug-likeness (QED) is 0.0330. The van der Waals surface area contributed by atoms with Gasteiger partial charge in [0.25, 0.3) is 6.48 Å². The van der Waals surface area contributed by atoms with Gasteiger partial charge in [0.15, 0.2) is 16.6 Å². The Bertz CT molecular complexity index is 1460. The number of carbonyl (C=O) groups excluding carboxylic acids is 2. The predicted octanol–water partition coefficient (Wildman–Crippen LogP) is 6.58. The number of carbonyl (C=O) groups is 2. The van der Waals surface area contributed by atoms with Crippen molar-refractivity contribution in [2.75, 3.05) is 39.7 Å². The molecule has 0 radical (unpaired) electrons. The molecule has 332 valence electrons. The smallest absolute Gasteiger partial charge is 0.463 e. The van der Waals surface area contributed by atoms with Gasteiger partial charge in [0.1, 0.15) is 53.8 Å². The fourth-order valence-electron chi connectivity index (χ4n) is 6.58. The van der Waals surface area contributed by atoms with Crippen molar-refractivity contribution in [1.29, 1.82) is 0 Å². The zero-order valence-corrected chi connectivity index (χ0v) is 41.5. The molecular weight excluding hydrogens is 828 g/mol. The van der Waals surface area contributed by atoms with Gasteiger partial charge in [-0.1, -0.05) is 60.7 Å². The van der Waals surface area contributed by atoms with E-state index in [1.165, 1.54) is 13.8 Å². The Kier molecular flexibility index (Phi) is 21.0. The van der Waals surface area contributed by atoms with Crippen molar-refractivity contribution in [3.63, 3.8) is 0 Å². The van der Waals surface area contributed by atoms with Gasteiger partial charge < -0.3 is 50.0 Å². The van der Waals surface area contributed by atoms with Crippen LogP contribution < -0.4 is 0 Å². The van der Waals surface area contributed by atoms with E-state index >= 15 is 0 Å². The van der Waals surface area contributed by atoms with Crippen molar-refractivity contribution < 1.29 is 59.6 Å². The van der Waals surface area contributed by atoms with Gasteiger partial charge in [-0.15, -0.1) is 0 Å². The van der Waals surface area contributed by atoms with Crippen molar-refractivity contribution in [3.8, 4) is 0 Å². The topological polar surface area (TPSA) is 139 Å². The van der Waals surface area contributed by atoms with Crippen LogP contribution in [-0.4, -0.2) is 133 Å². The first kappa shape index (κ1) is 51.5. The number of esters is 2. The number of hydrogen-bond acceptors (Lipinski definition) is 14. The van der Waals surface area contributed by atoms with Crippen LogP contribution in [0.15, 0.2) is 60.7 Å². The highest BCUT2D eigenvalue weighted by atomic mass is 31.2. The lowest BCUT2D eigenvalue weighted by atomic mass is 9.93. The second kappa shape index (κ2) is 24.1. The summed E-state index contributed by atoms with van der Waals surface area (Å²) < 4.78 is 72.8. The first-order valence-corrected chi connectivity index (χ1v) is 30.5. The molecule has 0 saturated carbocycles. The van der Waals surface area contributed by atoms with Crippen LogP contribution in [0.5, 0.6) is 0 Å². The Balaban J connectivity index is 2.06. The van der Waals surface area contributed by atoms with Crippen molar-refractivity contribution >= 4 is 53.8 Å². The number of nitrogens with zero attached hydrogens (tertiary/aromatic N) is 1. The summed E-state index contributed by atoms with van der Waals surface area (Å²) in [6, 6.07) is 19.9. The van der Waals surface area contributed by atoms with Crippen LogP contribution in [0, 0.1) is 0 Å². The van der Waals surface area contributed by atoms with Crippen LogP contribution in [0.3, 0.4) is 0 Å².